The summed E-state index contributed by atoms with van der Waals surface area (Å²) < 4.78 is 41.9. The van der Waals surface area contributed by atoms with Crippen LogP contribution in [0.5, 0.6) is 11.5 Å². The van der Waals surface area contributed by atoms with E-state index in [1.54, 1.807) is 35.0 Å². The average molecular weight is 536 g/mol. The molecule has 1 aromatic carbocycles. The summed E-state index contributed by atoms with van der Waals surface area (Å²) in [5, 5.41) is 0.818. The fourth-order valence-electron chi connectivity index (χ4n) is 3.90. The lowest BCUT2D eigenvalue weighted by molar-refractivity contribution is -0.108. The highest BCUT2D eigenvalue weighted by atomic mass is 79.9. The van der Waals surface area contributed by atoms with E-state index in [0.29, 0.717) is 47.7 Å². The number of ether oxygens (including phenoxy) is 2. The molecule has 1 aliphatic heterocycles. The first-order valence-electron chi connectivity index (χ1n) is 10.8. The molecule has 4 rings (SSSR count). The number of hydrogen-bond donors (Lipinski definition) is 0. The Morgan fingerprint density at radius 2 is 1.85 bits per heavy atom. The number of aromatic nitrogens is 2. The number of carbonyl (C=O) groups excluding carboxylic acids is 1. The van der Waals surface area contributed by atoms with Gasteiger partial charge in [0.2, 0.25) is 10.0 Å². The summed E-state index contributed by atoms with van der Waals surface area (Å²) in [6, 6.07) is 10.3. The van der Waals surface area contributed by atoms with E-state index < -0.39 is 10.0 Å². The van der Waals surface area contributed by atoms with Gasteiger partial charge in [0.25, 0.3) is 0 Å². The number of halogens is 1. The Morgan fingerprint density at radius 3 is 2.48 bits per heavy atom. The van der Waals surface area contributed by atoms with Gasteiger partial charge in [0.1, 0.15) is 34.1 Å². The topological polar surface area (TPSA) is 90.7 Å². The third-order valence-electron chi connectivity index (χ3n) is 5.45. The fourth-order valence-corrected chi connectivity index (χ4v) is 5.67. The molecular formula is C23H26BrN3O5S. The number of aldehydes is 1. The van der Waals surface area contributed by atoms with Crippen LogP contribution in [-0.4, -0.2) is 53.9 Å². The first kappa shape index (κ1) is 23.7. The quantitative estimate of drug-likeness (QED) is 0.319. The van der Waals surface area contributed by atoms with Gasteiger partial charge in [-0.1, -0.05) is 0 Å². The van der Waals surface area contributed by atoms with Gasteiger partial charge in [-0.2, -0.15) is 4.31 Å². The fraction of sp³-hybridized carbons (Fsp3) is 0.391. The van der Waals surface area contributed by atoms with Crippen LogP contribution in [0.15, 0.2) is 52.1 Å². The average Bonchev–Trinajstić information content (AvgIpc) is 3.10. The lowest BCUT2D eigenvalue weighted by atomic mass is 10.1. The van der Waals surface area contributed by atoms with E-state index in [0.717, 1.165) is 11.7 Å². The molecule has 176 valence electrons. The standard InChI is InChI=1S/C23H26BrN3O5S/c1-16(2)31-17-3-5-19(6-4-17)33(29,30)27-11-9-18(10-12-27)32-21-15-26(13-14-28)23-20(21)7-8-22(24)25-23/h3-8,14-16,18H,9-13H2,1-2H3. The Labute approximate surface area is 201 Å². The minimum absolute atomic E-state index is 0.0243. The van der Waals surface area contributed by atoms with E-state index in [-0.39, 0.29) is 23.6 Å². The maximum Gasteiger partial charge on any atom is 0.243 e. The van der Waals surface area contributed by atoms with Crippen molar-refractivity contribution in [1.82, 2.24) is 13.9 Å². The molecule has 0 atom stereocenters. The predicted molar refractivity (Wildman–Crippen MR) is 128 cm³/mol. The zero-order valence-corrected chi connectivity index (χ0v) is 20.9. The SMILES string of the molecule is CC(C)Oc1ccc(S(=O)(=O)N2CCC(Oc3cn(CC=O)c4nc(Br)ccc34)CC2)cc1. The van der Waals surface area contributed by atoms with Gasteiger partial charge in [0.15, 0.2) is 0 Å². The van der Waals surface area contributed by atoms with Crippen molar-refractivity contribution in [3.8, 4) is 11.5 Å². The third kappa shape index (κ3) is 5.23. The van der Waals surface area contributed by atoms with Crippen LogP contribution in [0.1, 0.15) is 26.7 Å². The lowest BCUT2D eigenvalue weighted by Gasteiger charge is -2.31. The third-order valence-corrected chi connectivity index (χ3v) is 7.81. The van der Waals surface area contributed by atoms with Gasteiger partial charge >= 0.3 is 0 Å². The van der Waals surface area contributed by atoms with E-state index in [9.17, 15) is 13.2 Å². The molecule has 1 fully saturated rings. The molecule has 0 aliphatic carbocycles. The Hall–Kier alpha value is -2.43. The molecule has 33 heavy (non-hydrogen) atoms. The second kappa shape index (κ2) is 9.82. The molecule has 1 aliphatic rings. The van der Waals surface area contributed by atoms with Gasteiger partial charge in [0, 0.05) is 19.3 Å². The number of hydrogen-bond acceptors (Lipinski definition) is 6. The van der Waals surface area contributed by atoms with E-state index in [1.165, 1.54) is 4.31 Å². The summed E-state index contributed by atoms with van der Waals surface area (Å²) in [5.41, 5.74) is 0.663. The van der Waals surface area contributed by atoms with Crippen molar-refractivity contribution in [3.05, 3.63) is 47.2 Å². The van der Waals surface area contributed by atoms with Crippen molar-refractivity contribution < 1.29 is 22.7 Å². The van der Waals surface area contributed by atoms with E-state index >= 15 is 0 Å². The number of benzene rings is 1. The summed E-state index contributed by atoms with van der Waals surface area (Å²) in [6.07, 6.45) is 3.63. The van der Waals surface area contributed by atoms with Gasteiger partial charge in [-0.05, 0) is 79.0 Å². The van der Waals surface area contributed by atoms with Crippen molar-refractivity contribution in [2.75, 3.05) is 13.1 Å². The summed E-state index contributed by atoms with van der Waals surface area (Å²) in [5.74, 6) is 1.29. The van der Waals surface area contributed by atoms with Crippen LogP contribution in [0.3, 0.4) is 0 Å². The van der Waals surface area contributed by atoms with E-state index in [1.807, 2.05) is 26.0 Å². The van der Waals surface area contributed by atoms with Crippen molar-refractivity contribution in [2.24, 2.45) is 0 Å². The number of pyridine rings is 1. The highest BCUT2D eigenvalue weighted by Gasteiger charge is 2.30. The zero-order valence-electron chi connectivity index (χ0n) is 18.5. The smallest absolute Gasteiger partial charge is 0.243 e. The van der Waals surface area contributed by atoms with Crippen molar-refractivity contribution in [1.29, 1.82) is 0 Å². The van der Waals surface area contributed by atoms with Crippen molar-refractivity contribution in [2.45, 2.75) is 50.3 Å². The molecule has 1 saturated heterocycles. The zero-order chi connectivity index (χ0) is 23.6. The van der Waals surface area contributed by atoms with Crippen LogP contribution in [0, 0.1) is 0 Å². The molecule has 0 bridgehead atoms. The van der Waals surface area contributed by atoms with Crippen LogP contribution in [0.2, 0.25) is 0 Å². The van der Waals surface area contributed by atoms with Crippen LogP contribution in [-0.2, 0) is 21.4 Å². The maximum atomic E-state index is 13.1. The second-order valence-electron chi connectivity index (χ2n) is 8.18. The second-order valence-corrected chi connectivity index (χ2v) is 10.9. The Kier molecular flexibility index (Phi) is 7.06. The molecule has 0 saturated carbocycles. The largest absolute Gasteiger partial charge is 0.491 e. The first-order valence-corrected chi connectivity index (χ1v) is 13.0. The molecule has 3 heterocycles. The minimum atomic E-state index is -3.58. The molecule has 0 N–H and O–H groups in total. The lowest BCUT2D eigenvalue weighted by Crippen LogP contribution is -2.41. The summed E-state index contributed by atoms with van der Waals surface area (Å²) in [7, 11) is -3.58. The predicted octanol–water partition coefficient (Wildman–Crippen LogP) is 4.02. The van der Waals surface area contributed by atoms with Gasteiger partial charge in [-0.25, -0.2) is 13.4 Å². The minimum Gasteiger partial charge on any atom is -0.491 e. The normalized spacial score (nSPS) is 15.8. The van der Waals surface area contributed by atoms with E-state index in [4.69, 9.17) is 9.47 Å². The number of carbonyl (C=O) groups is 1. The van der Waals surface area contributed by atoms with E-state index in [2.05, 4.69) is 20.9 Å². The van der Waals surface area contributed by atoms with Crippen LogP contribution in [0.25, 0.3) is 11.0 Å². The molecule has 2 aromatic heterocycles. The number of sulfonamides is 1. The molecular weight excluding hydrogens is 510 g/mol. The van der Waals surface area contributed by atoms with Gasteiger partial charge in [-0.15, -0.1) is 0 Å². The Morgan fingerprint density at radius 1 is 1.15 bits per heavy atom. The number of rotatable bonds is 8. The molecule has 8 nitrogen and oxygen atoms in total. The number of piperidine rings is 1. The van der Waals surface area contributed by atoms with Crippen molar-refractivity contribution >= 4 is 43.3 Å². The molecule has 10 heteroatoms. The Bertz CT molecular complexity index is 1230. The molecule has 0 spiro atoms. The van der Waals surface area contributed by atoms with Crippen LogP contribution in [0.4, 0.5) is 0 Å². The van der Waals surface area contributed by atoms with Crippen LogP contribution >= 0.6 is 15.9 Å². The first-order chi connectivity index (χ1) is 15.8. The number of nitrogens with zero attached hydrogens (tertiary/aromatic N) is 3. The van der Waals surface area contributed by atoms with Crippen LogP contribution < -0.4 is 9.47 Å². The molecule has 3 aromatic rings. The van der Waals surface area contributed by atoms with Gasteiger partial charge in [0.05, 0.1) is 22.9 Å². The molecule has 0 amide bonds. The van der Waals surface area contributed by atoms with Gasteiger partial charge < -0.3 is 18.8 Å². The summed E-state index contributed by atoms with van der Waals surface area (Å²) in [4.78, 5) is 15.8. The van der Waals surface area contributed by atoms with Gasteiger partial charge in [-0.3, -0.25) is 0 Å². The summed E-state index contributed by atoms with van der Waals surface area (Å²) in [6.45, 7) is 4.77. The monoisotopic (exact) mass is 535 g/mol. The molecule has 0 radical (unpaired) electrons. The molecule has 0 unspecified atom stereocenters. The highest BCUT2D eigenvalue weighted by Crippen LogP contribution is 2.31. The Balaban J connectivity index is 1.43. The highest BCUT2D eigenvalue weighted by molar-refractivity contribution is 9.10. The van der Waals surface area contributed by atoms with Crippen molar-refractivity contribution in [3.63, 3.8) is 0 Å². The summed E-state index contributed by atoms with van der Waals surface area (Å²) >= 11 is 3.36. The number of fused-ring (bicyclic) bond motifs is 1. The maximum absolute atomic E-state index is 13.1.